The molecule has 0 bridgehead atoms. The van der Waals surface area contributed by atoms with Crippen LogP contribution in [0.3, 0.4) is 0 Å². The summed E-state index contributed by atoms with van der Waals surface area (Å²) in [7, 11) is 0. The number of amides is 1. The Morgan fingerprint density at radius 1 is 1.27 bits per heavy atom. The molecule has 0 aliphatic rings. The molecule has 2 aromatic rings. The molecule has 1 aromatic heterocycles. The molecule has 0 aliphatic carbocycles. The van der Waals surface area contributed by atoms with Crippen molar-refractivity contribution in [1.82, 2.24) is 5.32 Å². The molecule has 22 heavy (non-hydrogen) atoms. The molecule has 1 atom stereocenters. The molecule has 1 amide bonds. The van der Waals surface area contributed by atoms with Gasteiger partial charge in [-0.1, -0.05) is 30.7 Å². The molecule has 6 heteroatoms. The van der Waals surface area contributed by atoms with Gasteiger partial charge in [0.1, 0.15) is 5.76 Å². The first-order chi connectivity index (χ1) is 10.5. The fourth-order valence-corrected chi connectivity index (χ4v) is 2.22. The van der Waals surface area contributed by atoms with Crippen LogP contribution < -0.4 is 5.32 Å². The molecule has 0 spiro atoms. The van der Waals surface area contributed by atoms with Gasteiger partial charge in [-0.15, -0.1) is 0 Å². The van der Waals surface area contributed by atoms with Crippen LogP contribution in [0.5, 0.6) is 0 Å². The quantitative estimate of drug-likeness (QED) is 0.854. The zero-order valence-electron chi connectivity index (χ0n) is 12.0. The van der Waals surface area contributed by atoms with Crippen molar-refractivity contribution in [3.8, 4) is 11.3 Å². The van der Waals surface area contributed by atoms with E-state index in [9.17, 15) is 9.59 Å². The number of nitrogens with one attached hydrogen (secondary N) is 1. The molecule has 116 valence electrons. The second kappa shape index (κ2) is 7.13. The Hall–Kier alpha value is -2.27. The molecule has 1 heterocycles. The van der Waals surface area contributed by atoms with Gasteiger partial charge in [0.15, 0.2) is 5.76 Å². The molecule has 5 nitrogen and oxygen atoms in total. The van der Waals surface area contributed by atoms with Crippen molar-refractivity contribution in [2.45, 2.75) is 13.3 Å². The fourth-order valence-electron chi connectivity index (χ4n) is 1.99. The molecule has 0 fully saturated rings. The standard InChI is InChI=1S/C16H16ClNO4/c1-10(8-15(19)20)9-18-16(21)14-7-6-13(22-14)11-4-2-3-5-12(11)17/h2-7,10H,8-9H2,1H3,(H,18,21)(H,19,20). The lowest BCUT2D eigenvalue weighted by Crippen LogP contribution is -2.28. The highest BCUT2D eigenvalue weighted by Crippen LogP contribution is 2.28. The van der Waals surface area contributed by atoms with Gasteiger partial charge in [0.25, 0.3) is 5.91 Å². The Balaban J connectivity index is 2.01. The number of aliphatic carboxylic acids is 1. The highest BCUT2D eigenvalue weighted by atomic mass is 35.5. The number of furan rings is 1. The summed E-state index contributed by atoms with van der Waals surface area (Å²) in [4.78, 5) is 22.6. The first-order valence-corrected chi connectivity index (χ1v) is 7.20. The maximum absolute atomic E-state index is 12.0. The van der Waals surface area contributed by atoms with Crippen molar-refractivity contribution in [3.63, 3.8) is 0 Å². The summed E-state index contributed by atoms with van der Waals surface area (Å²) < 4.78 is 5.51. The predicted octanol–water partition coefficient (Wildman–Crippen LogP) is 3.44. The Labute approximate surface area is 132 Å². The van der Waals surface area contributed by atoms with Gasteiger partial charge in [-0.3, -0.25) is 9.59 Å². The molecule has 0 saturated carbocycles. The van der Waals surface area contributed by atoms with Crippen molar-refractivity contribution < 1.29 is 19.1 Å². The lowest BCUT2D eigenvalue weighted by atomic mass is 10.1. The second-order valence-electron chi connectivity index (χ2n) is 5.06. The monoisotopic (exact) mass is 321 g/mol. The van der Waals surface area contributed by atoms with E-state index in [4.69, 9.17) is 21.1 Å². The van der Waals surface area contributed by atoms with E-state index in [-0.39, 0.29) is 30.6 Å². The van der Waals surface area contributed by atoms with Crippen LogP contribution in [-0.2, 0) is 4.79 Å². The zero-order valence-corrected chi connectivity index (χ0v) is 12.8. The molecular formula is C16H16ClNO4. The smallest absolute Gasteiger partial charge is 0.303 e. The number of halogens is 1. The van der Waals surface area contributed by atoms with Crippen molar-refractivity contribution in [1.29, 1.82) is 0 Å². The Bertz CT molecular complexity index is 680. The number of carboxylic acids is 1. The number of carbonyl (C=O) groups excluding carboxylic acids is 1. The van der Waals surface area contributed by atoms with E-state index < -0.39 is 5.97 Å². The first kappa shape index (κ1) is 16.1. The number of hydrogen-bond donors (Lipinski definition) is 2. The zero-order chi connectivity index (χ0) is 16.1. The van der Waals surface area contributed by atoms with Gasteiger partial charge in [0, 0.05) is 18.5 Å². The van der Waals surface area contributed by atoms with Crippen LogP contribution in [0, 0.1) is 5.92 Å². The minimum atomic E-state index is -0.888. The Kier molecular flexibility index (Phi) is 5.22. The Morgan fingerprint density at radius 2 is 2.00 bits per heavy atom. The van der Waals surface area contributed by atoms with E-state index in [1.807, 2.05) is 12.1 Å². The molecule has 0 radical (unpaired) electrons. The summed E-state index contributed by atoms with van der Waals surface area (Å²) in [5.41, 5.74) is 0.711. The Morgan fingerprint density at radius 3 is 2.68 bits per heavy atom. The van der Waals surface area contributed by atoms with Crippen molar-refractivity contribution in [3.05, 3.63) is 47.2 Å². The van der Waals surface area contributed by atoms with E-state index in [0.29, 0.717) is 16.3 Å². The summed E-state index contributed by atoms with van der Waals surface area (Å²) in [6, 6.07) is 10.4. The van der Waals surface area contributed by atoms with Crippen LogP contribution >= 0.6 is 11.6 Å². The fraction of sp³-hybridized carbons (Fsp3) is 0.250. The minimum Gasteiger partial charge on any atom is -0.481 e. The molecule has 1 unspecified atom stereocenters. The van der Waals surface area contributed by atoms with Gasteiger partial charge in [0.2, 0.25) is 0 Å². The molecule has 2 rings (SSSR count). The summed E-state index contributed by atoms with van der Waals surface area (Å²) in [5.74, 6) is -0.748. The molecule has 0 aliphatic heterocycles. The van der Waals surface area contributed by atoms with Crippen LogP contribution in [-0.4, -0.2) is 23.5 Å². The second-order valence-corrected chi connectivity index (χ2v) is 5.46. The summed E-state index contributed by atoms with van der Waals surface area (Å²) >= 11 is 6.08. The van der Waals surface area contributed by atoms with Gasteiger partial charge in [0.05, 0.1) is 5.02 Å². The average Bonchev–Trinajstić information content (AvgIpc) is 2.94. The normalized spacial score (nSPS) is 11.9. The van der Waals surface area contributed by atoms with Crippen molar-refractivity contribution >= 4 is 23.5 Å². The van der Waals surface area contributed by atoms with E-state index >= 15 is 0 Å². The van der Waals surface area contributed by atoms with E-state index in [1.54, 1.807) is 31.2 Å². The third-order valence-electron chi connectivity index (χ3n) is 3.10. The number of carboxylic acid groups (broad SMARTS) is 1. The molecule has 1 aromatic carbocycles. The van der Waals surface area contributed by atoms with Gasteiger partial charge < -0.3 is 14.8 Å². The predicted molar refractivity (Wildman–Crippen MR) is 82.9 cm³/mol. The lowest BCUT2D eigenvalue weighted by Gasteiger charge is -2.09. The number of rotatable bonds is 6. The van der Waals surface area contributed by atoms with Crippen LogP contribution in [0.1, 0.15) is 23.9 Å². The van der Waals surface area contributed by atoms with E-state index in [2.05, 4.69) is 5.32 Å². The van der Waals surface area contributed by atoms with Crippen LogP contribution in [0.4, 0.5) is 0 Å². The number of benzene rings is 1. The number of carbonyl (C=O) groups is 2. The largest absolute Gasteiger partial charge is 0.481 e. The highest BCUT2D eigenvalue weighted by molar-refractivity contribution is 6.33. The summed E-state index contributed by atoms with van der Waals surface area (Å²) in [5, 5.41) is 11.9. The maximum atomic E-state index is 12.0. The van der Waals surface area contributed by atoms with Gasteiger partial charge in [-0.2, -0.15) is 0 Å². The summed E-state index contributed by atoms with van der Waals surface area (Å²) in [6.45, 7) is 2.03. The first-order valence-electron chi connectivity index (χ1n) is 6.82. The average molecular weight is 322 g/mol. The molecular weight excluding hydrogens is 306 g/mol. The van der Waals surface area contributed by atoms with Crippen molar-refractivity contribution in [2.75, 3.05) is 6.54 Å². The van der Waals surface area contributed by atoms with Gasteiger partial charge in [-0.25, -0.2) is 0 Å². The van der Waals surface area contributed by atoms with Crippen molar-refractivity contribution in [2.24, 2.45) is 5.92 Å². The van der Waals surface area contributed by atoms with Crippen LogP contribution in [0.2, 0.25) is 5.02 Å². The van der Waals surface area contributed by atoms with Crippen LogP contribution in [0.15, 0.2) is 40.8 Å². The minimum absolute atomic E-state index is 0.00328. The van der Waals surface area contributed by atoms with E-state index in [1.165, 1.54) is 0 Å². The molecule has 0 saturated heterocycles. The van der Waals surface area contributed by atoms with Crippen LogP contribution in [0.25, 0.3) is 11.3 Å². The highest BCUT2D eigenvalue weighted by Gasteiger charge is 2.15. The van der Waals surface area contributed by atoms with Gasteiger partial charge in [-0.05, 0) is 30.2 Å². The lowest BCUT2D eigenvalue weighted by molar-refractivity contribution is -0.137. The topological polar surface area (TPSA) is 79.5 Å². The SMILES string of the molecule is CC(CNC(=O)c1ccc(-c2ccccc2Cl)o1)CC(=O)O. The third-order valence-corrected chi connectivity index (χ3v) is 3.43. The number of hydrogen-bond acceptors (Lipinski definition) is 3. The molecule has 2 N–H and O–H groups in total. The van der Waals surface area contributed by atoms with E-state index in [0.717, 1.165) is 0 Å². The van der Waals surface area contributed by atoms with Gasteiger partial charge >= 0.3 is 5.97 Å². The maximum Gasteiger partial charge on any atom is 0.303 e. The summed E-state index contributed by atoms with van der Waals surface area (Å²) in [6.07, 6.45) is 0.00328. The third kappa shape index (κ3) is 4.11.